The summed E-state index contributed by atoms with van der Waals surface area (Å²) in [5, 5.41) is 19.5. The third-order valence-corrected chi connectivity index (χ3v) is 3.52. The van der Waals surface area contributed by atoms with Crippen molar-refractivity contribution < 1.29 is 24.1 Å². The van der Waals surface area contributed by atoms with Crippen LogP contribution in [0.2, 0.25) is 5.02 Å². The molecule has 0 radical (unpaired) electrons. The number of nitrogens with zero attached hydrogens (tertiary/aromatic N) is 1. The Kier molecular flexibility index (Phi) is 4.71. The quantitative estimate of drug-likeness (QED) is 0.493. The van der Waals surface area contributed by atoms with Crippen molar-refractivity contribution in [3.8, 4) is 5.75 Å². The largest absolute Gasteiger partial charge is 0.506 e. The first-order valence-corrected chi connectivity index (χ1v) is 6.97. The Balaban J connectivity index is 2.60. The van der Waals surface area contributed by atoms with Gasteiger partial charge in [-0.05, 0) is 25.8 Å². The predicted octanol–water partition coefficient (Wildman–Crippen LogP) is 3.46. The summed E-state index contributed by atoms with van der Waals surface area (Å²) in [6, 6.07) is 2.20. The Morgan fingerprint density at radius 1 is 1.41 bits per heavy atom. The highest BCUT2D eigenvalue weighted by Gasteiger charge is 2.26. The summed E-state index contributed by atoms with van der Waals surface area (Å²) in [5.41, 5.74) is -0.288. The molecule has 0 aromatic heterocycles. The molecule has 0 bridgehead atoms. The number of ether oxygens (including phenoxy) is 1. The molecule has 0 spiro atoms. The smallest absolute Gasteiger partial charge is 0.341 e. The molecule has 2 N–H and O–H groups in total. The lowest BCUT2D eigenvalue weighted by atomic mass is 10.0. The normalized spacial score (nSPS) is 16.3. The van der Waals surface area contributed by atoms with Crippen molar-refractivity contribution in [1.82, 2.24) is 0 Å². The second-order valence-corrected chi connectivity index (χ2v) is 5.35. The number of methoxy groups -OCH3 is 1. The fraction of sp³-hybridized carbons (Fsp3) is 0.333. The number of aliphatic hydroxyl groups is 1. The highest BCUT2D eigenvalue weighted by molar-refractivity contribution is 6.31. The Morgan fingerprint density at radius 2 is 2.05 bits per heavy atom. The van der Waals surface area contributed by atoms with E-state index in [1.807, 2.05) is 0 Å². The molecule has 1 fully saturated rings. The molecule has 1 aromatic rings. The van der Waals surface area contributed by atoms with E-state index in [1.54, 1.807) is 0 Å². The van der Waals surface area contributed by atoms with Crippen LogP contribution in [0.1, 0.15) is 25.3 Å². The molecule has 0 amide bonds. The van der Waals surface area contributed by atoms with Crippen molar-refractivity contribution in [3.05, 3.63) is 34.1 Å². The first kappa shape index (κ1) is 16.3. The van der Waals surface area contributed by atoms with E-state index >= 15 is 0 Å². The number of aliphatic hydroxyl groups excluding tert-OH is 1. The van der Waals surface area contributed by atoms with Crippen LogP contribution in [0.15, 0.2) is 22.7 Å². The topological polar surface area (TPSA) is 79.1 Å². The third kappa shape index (κ3) is 3.39. The molecule has 0 unspecified atom stereocenters. The van der Waals surface area contributed by atoms with Crippen LogP contribution in [-0.4, -0.2) is 35.0 Å². The predicted molar refractivity (Wildman–Crippen MR) is 81.3 cm³/mol. The molecule has 2 rings (SSSR count). The number of carboxylic acid groups (broad SMARTS) is 1. The molecule has 0 saturated heterocycles. The number of hydrogen-bond acceptors (Lipinski definition) is 4. The number of rotatable bonds is 5. The van der Waals surface area contributed by atoms with Gasteiger partial charge in [-0.2, -0.15) is 0 Å². The van der Waals surface area contributed by atoms with E-state index < -0.39 is 17.5 Å². The van der Waals surface area contributed by atoms with E-state index in [-0.39, 0.29) is 33.7 Å². The highest BCUT2D eigenvalue weighted by Crippen LogP contribution is 2.32. The summed E-state index contributed by atoms with van der Waals surface area (Å²) in [6.45, 7) is 1.50. The van der Waals surface area contributed by atoms with Gasteiger partial charge in [0, 0.05) is 6.07 Å². The number of hydrogen-bond donors (Lipinski definition) is 2. The minimum atomic E-state index is -1.35. The summed E-state index contributed by atoms with van der Waals surface area (Å²) in [7, 11) is 1.31. The lowest BCUT2D eigenvalue weighted by Crippen LogP contribution is -2.13. The van der Waals surface area contributed by atoms with Crippen molar-refractivity contribution in [1.29, 1.82) is 0 Å². The van der Waals surface area contributed by atoms with Gasteiger partial charge in [-0.15, -0.1) is 0 Å². The maximum absolute atomic E-state index is 13.6. The standard InChI is InChI=1S/C15H15ClFNO4/c1-7(18-8-3-4-8)13(15(20)21)14(19)9-5-11(17)10(16)6-12(9)22-2/h5-6,8,19H,3-4H2,1-2H3,(H,20,21). The van der Waals surface area contributed by atoms with Gasteiger partial charge in [0.15, 0.2) is 0 Å². The van der Waals surface area contributed by atoms with E-state index in [1.165, 1.54) is 20.1 Å². The molecule has 0 heterocycles. The fourth-order valence-corrected chi connectivity index (χ4v) is 2.14. The van der Waals surface area contributed by atoms with Crippen LogP contribution in [-0.2, 0) is 4.79 Å². The lowest BCUT2D eigenvalue weighted by Gasteiger charge is -2.12. The summed E-state index contributed by atoms with van der Waals surface area (Å²) in [6.07, 6.45) is 1.79. The van der Waals surface area contributed by atoms with E-state index in [4.69, 9.17) is 16.3 Å². The van der Waals surface area contributed by atoms with E-state index in [9.17, 15) is 19.4 Å². The Morgan fingerprint density at radius 3 is 2.55 bits per heavy atom. The first-order chi connectivity index (χ1) is 10.3. The van der Waals surface area contributed by atoms with Crippen molar-refractivity contribution in [2.75, 3.05) is 7.11 Å². The third-order valence-electron chi connectivity index (χ3n) is 3.23. The van der Waals surface area contributed by atoms with E-state index in [0.717, 1.165) is 18.9 Å². The molecule has 1 aliphatic rings. The molecule has 1 aliphatic carbocycles. The maximum atomic E-state index is 13.6. The van der Waals surface area contributed by atoms with E-state index in [0.29, 0.717) is 0 Å². The zero-order valence-corrected chi connectivity index (χ0v) is 12.8. The zero-order chi connectivity index (χ0) is 16.4. The number of aliphatic imine (C=N–C) groups is 1. The van der Waals surface area contributed by atoms with Gasteiger partial charge in [-0.1, -0.05) is 11.6 Å². The minimum Gasteiger partial charge on any atom is -0.506 e. The van der Waals surface area contributed by atoms with Crippen LogP contribution < -0.4 is 4.74 Å². The second kappa shape index (κ2) is 6.36. The van der Waals surface area contributed by atoms with Crippen molar-refractivity contribution in [3.63, 3.8) is 0 Å². The molecule has 0 atom stereocenters. The molecule has 22 heavy (non-hydrogen) atoms. The molecule has 5 nitrogen and oxygen atoms in total. The van der Waals surface area contributed by atoms with Crippen LogP contribution in [0, 0.1) is 5.82 Å². The van der Waals surface area contributed by atoms with Gasteiger partial charge in [0.05, 0.1) is 29.4 Å². The van der Waals surface area contributed by atoms with Crippen molar-refractivity contribution >= 4 is 29.0 Å². The van der Waals surface area contributed by atoms with Crippen LogP contribution in [0.25, 0.3) is 5.76 Å². The first-order valence-electron chi connectivity index (χ1n) is 6.59. The van der Waals surface area contributed by atoms with Crippen LogP contribution in [0.3, 0.4) is 0 Å². The van der Waals surface area contributed by atoms with E-state index in [2.05, 4.69) is 4.99 Å². The summed E-state index contributed by atoms with van der Waals surface area (Å²) < 4.78 is 18.7. The number of halogens is 2. The number of carbonyl (C=O) groups is 1. The van der Waals surface area contributed by atoms with Crippen LogP contribution in [0.4, 0.5) is 4.39 Å². The van der Waals surface area contributed by atoms with Gasteiger partial charge in [0.1, 0.15) is 22.9 Å². The van der Waals surface area contributed by atoms with Crippen molar-refractivity contribution in [2.24, 2.45) is 4.99 Å². The molecule has 7 heteroatoms. The monoisotopic (exact) mass is 327 g/mol. The van der Waals surface area contributed by atoms with Gasteiger partial charge < -0.3 is 14.9 Å². The molecular weight excluding hydrogens is 313 g/mol. The van der Waals surface area contributed by atoms with Gasteiger partial charge in [0.2, 0.25) is 0 Å². The van der Waals surface area contributed by atoms with Crippen molar-refractivity contribution in [2.45, 2.75) is 25.8 Å². The molecule has 1 saturated carbocycles. The summed E-state index contributed by atoms with van der Waals surface area (Å²) in [5.74, 6) is -2.67. The minimum absolute atomic E-state index is 0.0712. The Bertz CT molecular complexity index is 680. The number of carboxylic acids is 1. The van der Waals surface area contributed by atoms with Gasteiger partial charge >= 0.3 is 5.97 Å². The lowest BCUT2D eigenvalue weighted by molar-refractivity contribution is -0.132. The van der Waals surface area contributed by atoms with Gasteiger partial charge in [0.25, 0.3) is 0 Å². The molecule has 0 aliphatic heterocycles. The average Bonchev–Trinajstić information content (AvgIpc) is 3.24. The summed E-state index contributed by atoms with van der Waals surface area (Å²) in [4.78, 5) is 15.7. The van der Waals surface area contributed by atoms with Crippen LogP contribution in [0.5, 0.6) is 5.75 Å². The SMILES string of the molecule is COc1cc(Cl)c(F)cc1C(O)=C(C(=O)O)C(C)=NC1CC1. The molecule has 1 aromatic carbocycles. The second-order valence-electron chi connectivity index (χ2n) is 4.94. The van der Waals surface area contributed by atoms with Gasteiger partial charge in [-0.25, -0.2) is 9.18 Å². The zero-order valence-electron chi connectivity index (χ0n) is 12.1. The van der Waals surface area contributed by atoms with Gasteiger partial charge in [-0.3, -0.25) is 4.99 Å². The fourth-order valence-electron chi connectivity index (χ4n) is 1.99. The number of aliphatic carboxylic acids is 1. The Labute approximate surface area is 131 Å². The highest BCUT2D eigenvalue weighted by atomic mass is 35.5. The molecule has 118 valence electrons. The van der Waals surface area contributed by atoms with Crippen LogP contribution >= 0.6 is 11.6 Å². The average molecular weight is 328 g/mol. The Hall–Kier alpha value is -2.08. The number of benzene rings is 1. The molecular formula is C15H15ClFNO4. The maximum Gasteiger partial charge on any atom is 0.341 e. The summed E-state index contributed by atoms with van der Waals surface area (Å²) >= 11 is 5.66.